The van der Waals surface area contributed by atoms with Crippen LogP contribution in [0.3, 0.4) is 0 Å². The predicted octanol–water partition coefficient (Wildman–Crippen LogP) is 1.76. The van der Waals surface area contributed by atoms with E-state index < -0.39 is 0 Å². The standard InChI is InChI=1S/C10H11N3O2/c1-7-6-13(12-15)9-5-3-2-4-8(9)11-10(7)14/h2-5,7H,6H2,1H3,(H,11,14)/t7-/m0/s1. The molecule has 1 aromatic carbocycles. The largest absolute Gasteiger partial charge is 0.324 e. The van der Waals surface area contributed by atoms with Gasteiger partial charge in [-0.25, -0.2) is 5.01 Å². The van der Waals surface area contributed by atoms with Crippen LogP contribution >= 0.6 is 0 Å². The Hall–Kier alpha value is -1.91. The molecule has 2 rings (SSSR count). The molecule has 1 heterocycles. The van der Waals surface area contributed by atoms with Gasteiger partial charge in [-0.2, -0.15) is 0 Å². The second-order valence-electron chi connectivity index (χ2n) is 3.57. The second-order valence-corrected chi connectivity index (χ2v) is 3.57. The van der Waals surface area contributed by atoms with Gasteiger partial charge in [-0.3, -0.25) is 4.79 Å². The van der Waals surface area contributed by atoms with E-state index >= 15 is 0 Å². The Morgan fingerprint density at radius 3 is 2.93 bits per heavy atom. The molecule has 0 radical (unpaired) electrons. The van der Waals surface area contributed by atoms with Gasteiger partial charge in [0.25, 0.3) is 0 Å². The zero-order valence-electron chi connectivity index (χ0n) is 8.30. The number of nitrogens with zero attached hydrogens (tertiary/aromatic N) is 2. The average Bonchev–Trinajstić information content (AvgIpc) is 2.37. The van der Waals surface area contributed by atoms with Crippen LogP contribution in [0, 0.1) is 10.8 Å². The van der Waals surface area contributed by atoms with E-state index in [0.717, 1.165) is 0 Å². The maximum absolute atomic E-state index is 11.6. The number of anilines is 2. The summed E-state index contributed by atoms with van der Waals surface area (Å²) in [6.07, 6.45) is 0. The minimum Gasteiger partial charge on any atom is -0.324 e. The van der Waals surface area contributed by atoms with Crippen LogP contribution in [-0.2, 0) is 4.79 Å². The number of hydrogen-bond donors (Lipinski definition) is 1. The fraction of sp³-hybridized carbons (Fsp3) is 0.300. The SMILES string of the molecule is C[C@H]1CN(N=O)c2ccccc2NC1=O. The normalized spacial score (nSPS) is 20.2. The van der Waals surface area contributed by atoms with Crippen molar-refractivity contribution in [3.05, 3.63) is 29.2 Å². The monoisotopic (exact) mass is 205 g/mol. The Kier molecular flexibility index (Phi) is 2.37. The molecule has 0 saturated heterocycles. The van der Waals surface area contributed by atoms with E-state index in [1.54, 1.807) is 31.2 Å². The van der Waals surface area contributed by atoms with Crippen LogP contribution in [0.15, 0.2) is 29.6 Å². The summed E-state index contributed by atoms with van der Waals surface area (Å²) in [7, 11) is 0. The van der Waals surface area contributed by atoms with Gasteiger partial charge in [-0.1, -0.05) is 19.1 Å². The first-order valence-corrected chi connectivity index (χ1v) is 4.73. The van der Waals surface area contributed by atoms with E-state index in [0.29, 0.717) is 17.9 Å². The molecule has 1 amide bonds. The summed E-state index contributed by atoms with van der Waals surface area (Å²) < 4.78 is 0. The van der Waals surface area contributed by atoms with Gasteiger partial charge in [0.2, 0.25) is 5.91 Å². The number of nitroso groups, excluding NO2 is 1. The summed E-state index contributed by atoms with van der Waals surface area (Å²) >= 11 is 0. The molecule has 0 saturated carbocycles. The van der Waals surface area contributed by atoms with Gasteiger partial charge in [0.15, 0.2) is 0 Å². The van der Waals surface area contributed by atoms with Crippen molar-refractivity contribution in [2.24, 2.45) is 11.2 Å². The molecule has 5 nitrogen and oxygen atoms in total. The van der Waals surface area contributed by atoms with Gasteiger partial charge in [-0.15, -0.1) is 4.91 Å². The molecule has 0 bridgehead atoms. The van der Waals surface area contributed by atoms with Crippen LogP contribution in [0.25, 0.3) is 0 Å². The molecule has 15 heavy (non-hydrogen) atoms. The van der Waals surface area contributed by atoms with Crippen LogP contribution in [-0.4, -0.2) is 12.5 Å². The molecule has 0 fully saturated rings. The van der Waals surface area contributed by atoms with E-state index in [-0.39, 0.29) is 11.8 Å². The van der Waals surface area contributed by atoms with E-state index in [4.69, 9.17) is 0 Å². The van der Waals surface area contributed by atoms with Gasteiger partial charge in [0.1, 0.15) is 0 Å². The van der Waals surface area contributed by atoms with Crippen LogP contribution in [0.4, 0.5) is 11.4 Å². The first-order valence-electron chi connectivity index (χ1n) is 4.73. The molecule has 78 valence electrons. The number of rotatable bonds is 1. The number of fused-ring (bicyclic) bond motifs is 1. The highest BCUT2D eigenvalue weighted by molar-refractivity contribution is 5.97. The lowest BCUT2D eigenvalue weighted by atomic mass is 10.2. The molecule has 1 N–H and O–H groups in total. The molecular formula is C10H11N3O2. The van der Waals surface area contributed by atoms with Crippen molar-refractivity contribution in [2.75, 3.05) is 16.9 Å². The molecule has 1 atom stereocenters. The van der Waals surface area contributed by atoms with Crippen LogP contribution < -0.4 is 10.3 Å². The lowest BCUT2D eigenvalue weighted by molar-refractivity contribution is -0.119. The third-order valence-electron chi connectivity index (χ3n) is 2.43. The number of amides is 1. The minimum atomic E-state index is -0.255. The third kappa shape index (κ3) is 1.68. The number of carbonyl (C=O) groups excluding carboxylic acids is 1. The van der Waals surface area contributed by atoms with E-state index in [9.17, 15) is 9.70 Å². The second kappa shape index (κ2) is 3.68. The van der Waals surface area contributed by atoms with Crippen molar-refractivity contribution in [2.45, 2.75) is 6.92 Å². The van der Waals surface area contributed by atoms with Crippen molar-refractivity contribution in [1.29, 1.82) is 0 Å². The summed E-state index contributed by atoms with van der Waals surface area (Å²) in [5.41, 5.74) is 1.27. The minimum absolute atomic E-state index is 0.0893. The average molecular weight is 205 g/mol. The topological polar surface area (TPSA) is 61.8 Å². The lowest BCUT2D eigenvalue weighted by Crippen LogP contribution is -2.26. The molecule has 0 aromatic heterocycles. The fourth-order valence-corrected chi connectivity index (χ4v) is 1.58. The summed E-state index contributed by atoms with van der Waals surface area (Å²) in [4.78, 5) is 22.2. The summed E-state index contributed by atoms with van der Waals surface area (Å²) in [6, 6.07) is 7.12. The molecule has 0 aliphatic carbocycles. The summed E-state index contributed by atoms with van der Waals surface area (Å²) in [5, 5.41) is 6.99. The quantitative estimate of drug-likeness (QED) is 0.710. The Balaban J connectivity index is 2.46. The van der Waals surface area contributed by atoms with Crippen molar-refractivity contribution < 1.29 is 4.79 Å². The first kappa shape index (κ1) is 9.64. The van der Waals surface area contributed by atoms with Gasteiger partial charge in [0, 0.05) is 0 Å². The number of benzene rings is 1. The predicted molar refractivity (Wildman–Crippen MR) is 57.4 cm³/mol. The highest BCUT2D eigenvalue weighted by Crippen LogP contribution is 2.29. The number of para-hydroxylation sites is 2. The van der Waals surface area contributed by atoms with Crippen molar-refractivity contribution >= 4 is 17.3 Å². The smallest absolute Gasteiger partial charge is 0.229 e. The molecule has 1 aromatic rings. The number of nitrogens with one attached hydrogen (secondary N) is 1. The van der Waals surface area contributed by atoms with Gasteiger partial charge >= 0.3 is 0 Å². The molecule has 0 spiro atoms. The number of carbonyl (C=O) groups is 1. The van der Waals surface area contributed by atoms with Gasteiger partial charge in [-0.05, 0) is 12.1 Å². The van der Waals surface area contributed by atoms with Crippen LogP contribution in [0.5, 0.6) is 0 Å². The molecule has 5 heteroatoms. The molecule has 1 aliphatic rings. The molecule has 1 aliphatic heterocycles. The van der Waals surface area contributed by atoms with Crippen LogP contribution in [0.1, 0.15) is 6.92 Å². The Morgan fingerprint density at radius 2 is 2.20 bits per heavy atom. The molecule has 0 unspecified atom stereocenters. The van der Waals surface area contributed by atoms with Crippen molar-refractivity contribution in [3.8, 4) is 0 Å². The highest BCUT2D eigenvalue weighted by atomic mass is 16.3. The maximum Gasteiger partial charge on any atom is 0.229 e. The molecular weight excluding hydrogens is 194 g/mol. The van der Waals surface area contributed by atoms with Crippen molar-refractivity contribution in [3.63, 3.8) is 0 Å². The first-order chi connectivity index (χ1) is 7.22. The Morgan fingerprint density at radius 1 is 1.47 bits per heavy atom. The van der Waals surface area contributed by atoms with E-state index in [2.05, 4.69) is 10.6 Å². The summed E-state index contributed by atoms with van der Waals surface area (Å²) in [5.74, 6) is -0.344. The lowest BCUT2D eigenvalue weighted by Gasteiger charge is -2.15. The van der Waals surface area contributed by atoms with E-state index in [1.807, 2.05) is 0 Å². The summed E-state index contributed by atoms with van der Waals surface area (Å²) in [6.45, 7) is 2.08. The van der Waals surface area contributed by atoms with Gasteiger partial charge in [0.05, 0.1) is 29.1 Å². The van der Waals surface area contributed by atoms with E-state index in [1.165, 1.54) is 5.01 Å². The van der Waals surface area contributed by atoms with Crippen LogP contribution in [0.2, 0.25) is 0 Å². The Bertz CT molecular complexity index is 405. The fourth-order valence-electron chi connectivity index (χ4n) is 1.58. The Labute approximate surface area is 87.0 Å². The zero-order chi connectivity index (χ0) is 10.8. The zero-order valence-corrected chi connectivity index (χ0v) is 8.30. The third-order valence-corrected chi connectivity index (χ3v) is 2.43. The number of hydrogen-bond acceptors (Lipinski definition) is 3. The van der Waals surface area contributed by atoms with Crippen molar-refractivity contribution in [1.82, 2.24) is 0 Å². The highest BCUT2D eigenvalue weighted by Gasteiger charge is 2.24. The maximum atomic E-state index is 11.6. The van der Waals surface area contributed by atoms with Gasteiger partial charge < -0.3 is 5.32 Å².